The maximum Gasteiger partial charge on any atom is 0.257 e. The number of rotatable bonds is 0. The largest absolute Gasteiger partial charge is 0.478 e. The molecule has 62 valence electrons. The molecule has 0 radical (unpaired) electrons. The van der Waals surface area contributed by atoms with Gasteiger partial charge in [0, 0.05) is 11.1 Å². The van der Waals surface area contributed by atoms with Crippen molar-refractivity contribution in [3.8, 4) is 0 Å². The number of methoxy groups -OCH3 is 1. The first-order chi connectivity index (χ1) is 5.92. The average molecular weight is 163 g/mol. The molecule has 1 aromatic carbocycles. The van der Waals surface area contributed by atoms with Crippen LogP contribution in [0.3, 0.4) is 0 Å². The van der Waals surface area contributed by atoms with Gasteiger partial charge in [-0.3, -0.25) is 0 Å². The van der Waals surface area contributed by atoms with Crippen LogP contribution in [0.4, 0.5) is 0 Å². The highest BCUT2D eigenvalue weighted by Crippen LogP contribution is 2.16. The van der Waals surface area contributed by atoms with E-state index in [0.717, 1.165) is 11.1 Å². The molecule has 0 spiro atoms. The van der Waals surface area contributed by atoms with E-state index < -0.39 is 0 Å². The zero-order valence-corrected chi connectivity index (χ0v) is 6.78. The van der Waals surface area contributed by atoms with Crippen LogP contribution in [0.2, 0.25) is 0 Å². The van der Waals surface area contributed by atoms with Crippen molar-refractivity contribution in [2.24, 2.45) is 5.16 Å². The Labute approximate surface area is 70.6 Å². The topological polar surface area (TPSA) is 30.8 Å². The summed E-state index contributed by atoms with van der Waals surface area (Å²) in [6.45, 7) is 0.531. The number of hydrogen-bond donors (Lipinski definition) is 0. The molecule has 0 bridgehead atoms. The van der Waals surface area contributed by atoms with E-state index in [1.54, 1.807) is 7.11 Å². The molecule has 0 N–H and O–H groups in total. The molecule has 3 heteroatoms. The van der Waals surface area contributed by atoms with Crippen molar-refractivity contribution in [2.75, 3.05) is 7.11 Å². The molecule has 0 atom stereocenters. The number of benzene rings is 1. The summed E-state index contributed by atoms with van der Waals surface area (Å²) in [4.78, 5) is 4.96. The van der Waals surface area contributed by atoms with Crippen LogP contribution in [-0.2, 0) is 16.2 Å². The summed E-state index contributed by atoms with van der Waals surface area (Å²) in [5.74, 6) is 0.553. The van der Waals surface area contributed by atoms with Gasteiger partial charge in [0.15, 0.2) is 0 Å². The molecule has 0 amide bonds. The van der Waals surface area contributed by atoms with E-state index in [2.05, 4.69) is 5.16 Å². The van der Waals surface area contributed by atoms with Crippen LogP contribution in [0.1, 0.15) is 11.1 Å². The van der Waals surface area contributed by atoms with Gasteiger partial charge in [-0.2, -0.15) is 0 Å². The van der Waals surface area contributed by atoms with Gasteiger partial charge in [-0.1, -0.05) is 18.2 Å². The molecular formula is C9H9NO2. The average Bonchev–Trinajstić information content (AvgIpc) is 2.17. The third kappa shape index (κ3) is 1.03. The Morgan fingerprint density at radius 3 is 3.08 bits per heavy atom. The summed E-state index contributed by atoms with van der Waals surface area (Å²) in [7, 11) is 1.59. The normalized spacial score (nSPS) is 14.2. The van der Waals surface area contributed by atoms with Gasteiger partial charge < -0.3 is 9.57 Å². The highest BCUT2D eigenvalue weighted by atomic mass is 16.6. The fourth-order valence-corrected chi connectivity index (χ4v) is 1.21. The zero-order valence-electron chi connectivity index (χ0n) is 6.78. The number of hydrogen-bond acceptors (Lipinski definition) is 3. The van der Waals surface area contributed by atoms with E-state index in [-0.39, 0.29) is 0 Å². The summed E-state index contributed by atoms with van der Waals surface area (Å²) in [5, 5.41) is 3.78. The maximum atomic E-state index is 5.04. The standard InChI is InChI=1S/C9H9NO2/c1-11-9-8-5-3-2-4-7(8)6-12-10-9/h2-5H,6H2,1H3. The first-order valence-electron chi connectivity index (χ1n) is 3.74. The fraction of sp³-hybridized carbons (Fsp3) is 0.222. The van der Waals surface area contributed by atoms with Gasteiger partial charge in [0.2, 0.25) is 0 Å². The second-order valence-corrected chi connectivity index (χ2v) is 2.53. The lowest BCUT2D eigenvalue weighted by molar-refractivity contribution is 0.116. The lowest BCUT2D eigenvalue weighted by Gasteiger charge is -2.14. The number of oxime groups is 1. The lowest BCUT2D eigenvalue weighted by Crippen LogP contribution is -2.12. The van der Waals surface area contributed by atoms with Crippen molar-refractivity contribution in [1.82, 2.24) is 0 Å². The summed E-state index contributed by atoms with van der Waals surface area (Å²) < 4.78 is 5.04. The molecule has 1 heterocycles. The van der Waals surface area contributed by atoms with Gasteiger partial charge in [0.1, 0.15) is 6.61 Å². The minimum atomic E-state index is 0.531. The van der Waals surface area contributed by atoms with Crippen LogP contribution in [0.25, 0.3) is 0 Å². The van der Waals surface area contributed by atoms with Crippen molar-refractivity contribution in [3.63, 3.8) is 0 Å². The first-order valence-corrected chi connectivity index (χ1v) is 3.74. The van der Waals surface area contributed by atoms with E-state index in [9.17, 15) is 0 Å². The van der Waals surface area contributed by atoms with Gasteiger partial charge in [0.05, 0.1) is 7.11 Å². The van der Waals surface area contributed by atoms with Gasteiger partial charge >= 0.3 is 0 Å². The van der Waals surface area contributed by atoms with Crippen molar-refractivity contribution in [3.05, 3.63) is 35.4 Å². The van der Waals surface area contributed by atoms with Crippen LogP contribution >= 0.6 is 0 Å². The molecule has 3 nitrogen and oxygen atoms in total. The van der Waals surface area contributed by atoms with Gasteiger partial charge in [0.25, 0.3) is 5.90 Å². The third-order valence-corrected chi connectivity index (χ3v) is 1.81. The summed E-state index contributed by atoms with van der Waals surface area (Å²) in [6, 6.07) is 7.91. The Bertz CT molecular complexity index is 320. The summed E-state index contributed by atoms with van der Waals surface area (Å²) in [6.07, 6.45) is 0. The molecule has 1 aromatic rings. The van der Waals surface area contributed by atoms with Crippen molar-refractivity contribution < 1.29 is 9.57 Å². The maximum absolute atomic E-state index is 5.04. The highest BCUT2D eigenvalue weighted by Gasteiger charge is 2.14. The molecule has 0 aliphatic carbocycles. The van der Waals surface area contributed by atoms with Crippen molar-refractivity contribution in [1.29, 1.82) is 0 Å². The SMILES string of the molecule is COC1=NOCc2ccccc21. The number of nitrogens with zero attached hydrogens (tertiary/aromatic N) is 1. The highest BCUT2D eigenvalue weighted by molar-refractivity contribution is 5.95. The molecule has 1 aliphatic heterocycles. The Balaban J connectivity index is 2.48. The van der Waals surface area contributed by atoms with Crippen molar-refractivity contribution in [2.45, 2.75) is 6.61 Å². The summed E-state index contributed by atoms with van der Waals surface area (Å²) >= 11 is 0. The molecule has 1 aliphatic rings. The molecule has 0 aromatic heterocycles. The lowest BCUT2D eigenvalue weighted by atomic mass is 10.1. The second-order valence-electron chi connectivity index (χ2n) is 2.53. The molecule has 0 unspecified atom stereocenters. The van der Waals surface area contributed by atoms with E-state index >= 15 is 0 Å². The van der Waals surface area contributed by atoms with Crippen LogP contribution in [0, 0.1) is 0 Å². The third-order valence-electron chi connectivity index (χ3n) is 1.81. The Kier molecular flexibility index (Phi) is 1.70. The zero-order chi connectivity index (χ0) is 8.39. The van der Waals surface area contributed by atoms with Crippen molar-refractivity contribution >= 4 is 5.90 Å². The predicted octanol–water partition coefficient (Wildman–Crippen LogP) is 1.52. The van der Waals surface area contributed by atoms with Gasteiger partial charge in [-0.05, 0) is 11.2 Å². The minimum Gasteiger partial charge on any atom is -0.478 e. The minimum absolute atomic E-state index is 0.531. The van der Waals surface area contributed by atoms with E-state index in [0.29, 0.717) is 12.5 Å². The number of fused-ring (bicyclic) bond motifs is 1. The fourth-order valence-electron chi connectivity index (χ4n) is 1.21. The molecule has 0 saturated carbocycles. The van der Waals surface area contributed by atoms with Crippen LogP contribution in [-0.4, -0.2) is 13.0 Å². The Morgan fingerprint density at radius 2 is 2.25 bits per heavy atom. The van der Waals surface area contributed by atoms with E-state index in [1.165, 1.54) is 0 Å². The quantitative estimate of drug-likeness (QED) is 0.580. The molecular weight excluding hydrogens is 154 g/mol. The Hall–Kier alpha value is -1.51. The molecule has 0 fully saturated rings. The number of ether oxygens (including phenoxy) is 1. The second kappa shape index (κ2) is 2.85. The van der Waals surface area contributed by atoms with E-state index in [4.69, 9.17) is 9.57 Å². The molecule has 2 rings (SSSR count). The smallest absolute Gasteiger partial charge is 0.257 e. The summed E-state index contributed by atoms with van der Waals surface area (Å²) in [5.41, 5.74) is 2.13. The van der Waals surface area contributed by atoms with Crippen LogP contribution in [0.5, 0.6) is 0 Å². The Morgan fingerprint density at radius 1 is 1.42 bits per heavy atom. The van der Waals surface area contributed by atoms with Gasteiger partial charge in [-0.15, -0.1) is 0 Å². The first kappa shape index (κ1) is 7.16. The monoisotopic (exact) mass is 163 g/mol. The predicted molar refractivity (Wildman–Crippen MR) is 44.8 cm³/mol. The van der Waals surface area contributed by atoms with E-state index in [1.807, 2.05) is 24.3 Å². The van der Waals surface area contributed by atoms with Crippen LogP contribution in [0.15, 0.2) is 29.4 Å². The van der Waals surface area contributed by atoms with Gasteiger partial charge in [-0.25, -0.2) is 0 Å². The molecule has 12 heavy (non-hydrogen) atoms. The molecule has 0 saturated heterocycles. The van der Waals surface area contributed by atoms with Crippen LogP contribution < -0.4 is 0 Å².